The Bertz CT molecular complexity index is 761. The zero-order valence-corrected chi connectivity index (χ0v) is 17.4. The number of amides is 2. The monoisotopic (exact) mass is 404 g/mol. The second-order valence-corrected chi connectivity index (χ2v) is 7.62. The van der Waals surface area contributed by atoms with Crippen LogP contribution in [0.3, 0.4) is 0 Å². The Kier molecular flexibility index (Phi) is 7.16. The summed E-state index contributed by atoms with van der Waals surface area (Å²) in [6.45, 7) is 9.34. The molecule has 2 aromatic heterocycles. The lowest BCUT2D eigenvalue weighted by molar-refractivity contribution is 0.0793. The number of piperazine rings is 1. The molecule has 2 fully saturated rings. The second kappa shape index (κ2) is 9.79. The van der Waals surface area contributed by atoms with Crippen molar-refractivity contribution in [3.63, 3.8) is 0 Å². The number of aromatic nitrogens is 3. The third-order valence-electron chi connectivity index (χ3n) is 4.90. The van der Waals surface area contributed by atoms with Gasteiger partial charge in [-0.05, 0) is 12.8 Å². The maximum atomic E-state index is 12.7. The highest BCUT2D eigenvalue weighted by molar-refractivity contribution is 7.09. The van der Waals surface area contributed by atoms with E-state index in [0.717, 1.165) is 50.6 Å². The molecule has 9 heteroatoms. The molecule has 2 aromatic rings. The van der Waals surface area contributed by atoms with Crippen molar-refractivity contribution in [3.05, 3.63) is 34.5 Å². The Morgan fingerprint density at radius 2 is 1.75 bits per heavy atom. The fourth-order valence-corrected chi connectivity index (χ4v) is 4.06. The van der Waals surface area contributed by atoms with Crippen molar-refractivity contribution in [3.8, 4) is 0 Å². The van der Waals surface area contributed by atoms with Crippen LogP contribution in [0, 0.1) is 0 Å². The molecular weight excluding hydrogens is 376 g/mol. The van der Waals surface area contributed by atoms with Crippen LogP contribution in [0.2, 0.25) is 0 Å². The van der Waals surface area contributed by atoms with Gasteiger partial charge in [-0.3, -0.25) is 9.69 Å². The molecule has 0 aliphatic carbocycles. The number of rotatable bonds is 3. The molecule has 0 N–H and O–H groups in total. The van der Waals surface area contributed by atoms with Crippen molar-refractivity contribution in [2.45, 2.75) is 33.2 Å². The molecule has 2 saturated heterocycles. The van der Waals surface area contributed by atoms with E-state index >= 15 is 0 Å². The van der Waals surface area contributed by atoms with Crippen molar-refractivity contribution in [2.75, 3.05) is 39.3 Å². The van der Waals surface area contributed by atoms with Crippen molar-refractivity contribution in [1.29, 1.82) is 0 Å². The van der Waals surface area contributed by atoms with E-state index in [0.29, 0.717) is 18.7 Å². The molecule has 2 aliphatic heterocycles. The van der Waals surface area contributed by atoms with Crippen LogP contribution >= 0.6 is 11.3 Å². The lowest BCUT2D eigenvalue weighted by Crippen LogP contribution is -2.49. The summed E-state index contributed by atoms with van der Waals surface area (Å²) in [6.07, 6.45) is 6.97. The van der Waals surface area contributed by atoms with E-state index in [1.165, 1.54) is 10.9 Å². The summed E-state index contributed by atoms with van der Waals surface area (Å²) in [7, 11) is 0. The topological polar surface area (TPSA) is 74.6 Å². The highest BCUT2D eigenvalue weighted by atomic mass is 32.1. The minimum absolute atomic E-state index is 0.0326. The van der Waals surface area contributed by atoms with E-state index in [9.17, 15) is 9.59 Å². The Morgan fingerprint density at radius 1 is 1.04 bits per heavy atom. The first-order valence-corrected chi connectivity index (χ1v) is 10.8. The molecule has 0 aromatic carbocycles. The first kappa shape index (κ1) is 20.5. The summed E-state index contributed by atoms with van der Waals surface area (Å²) in [5.74, 6) is -0.0326. The lowest BCUT2D eigenvalue weighted by atomic mass is 10.3. The van der Waals surface area contributed by atoms with E-state index in [1.807, 2.05) is 30.3 Å². The Hall–Kier alpha value is -2.26. The molecule has 152 valence electrons. The van der Waals surface area contributed by atoms with E-state index in [4.69, 9.17) is 0 Å². The predicted octanol–water partition coefficient (Wildman–Crippen LogP) is 2.39. The van der Waals surface area contributed by atoms with Gasteiger partial charge in [0.15, 0.2) is 0 Å². The number of likely N-dealkylation sites (tertiary alicyclic amines) is 1. The van der Waals surface area contributed by atoms with E-state index in [-0.39, 0.29) is 11.9 Å². The first-order chi connectivity index (χ1) is 13.7. The summed E-state index contributed by atoms with van der Waals surface area (Å²) >= 11 is 1.65. The average molecular weight is 405 g/mol. The first-order valence-electron chi connectivity index (χ1n) is 9.94. The fraction of sp³-hybridized carbons (Fsp3) is 0.579. The summed E-state index contributed by atoms with van der Waals surface area (Å²) < 4.78 is 1.29. The van der Waals surface area contributed by atoms with E-state index < -0.39 is 0 Å². The van der Waals surface area contributed by atoms with Crippen LogP contribution in [-0.4, -0.2) is 80.7 Å². The third kappa shape index (κ3) is 4.77. The van der Waals surface area contributed by atoms with Gasteiger partial charge in [-0.25, -0.2) is 9.78 Å². The molecule has 0 spiro atoms. The summed E-state index contributed by atoms with van der Waals surface area (Å²) in [4.78, 5) is 35.3. The Labute approximate surface area is 169 Å². The van der Waals surface area contributed by atoms with Crippen LogP contribution in [0.15, 0.2) is 24.0 Å². The molecule has 0 bridgehead atoms. The summed E-state index contributed by atoms with van der Waals surface area (Å²) in [6, 6.07) is -0.167. The van der Waals surface area contributed by atoms with Crippen molar-refractivity contribution in [2.24, 2.45) is 0 Å². The SMILES string of the molecule is CC.O=C(c1cnn(C(=O)N2CCN(Cc3nccs3)CC2)c1)N1CCCC1. The zero-order chi connectivity index (χ0) is 19.9. The van der Waals surface area contributed by atoms with Crippen LogP contribution in [0.4, 0.5) is 4.79 Å². The van der Waals surface area contributed by atoms with Crippen LogP contribution in [-0.2, 0) is 6.54 Å². The number of hydrogen-bond donors (Lipinski definition) is 0. The maximum Gasteiger partial charge on any atom is 0.344 e. The quantitative estimate of drug-likeness (QED) is 0.785. The molecule has 0 atom stereocenters. The number of hydrogen-bond acceptors (Lipinski definition) is 6. The highest BCUT2D eigenvalue weighted by Gasteiger charge is 2.25. The molecule has 28 heavy (non-hydrogen) atoms. The van der Waals surface area contributed by atoms with Crippen LogP contribution in [0.25, 0.3) is 0 Å². The van der Waals surface area contributed by atoms with Gasteiger partial charge in [-0.15, -0.1) is 11.3 Å². The van der Waals surface area contributed by atoms with Crippen LogP contribution in [0.1, 0.15) is 42.1 Å². The third-order valence-corrected chi connectivity index (χ3v) is 5.67. The summed E-state index contributed by atoms with van der Waals surface area (Å²) in [5, 5.41) is 7.20. The Balaban J connectivity index is 0.00000109. The van der Waals surface area contributed by atoms with Gasteiger partial charge >= 0.3 is 6.03 Å². The molecular formula is C19H28N6O2S. The number of carbonyl (C=O) groups excluding carboxylic acids is 2. The molecule has 0 unspecified atom stereocenters. The standard InChI is InChI=1S/C17H22N6O2S.C2H6/c24-16(21-4-1-2-5-21)14-11-19-23(12-14)17(25)22-8-6-20(7-9-22)13-15-18-3-10-26-15;1-2/h3,10-12H,1-2,4-9,13H2;1-2H3. The smallest absolute Gasteiger partial charge is 0.339 e. The normalized spacial score (nSPS) is 17.4. The zero-order valence-electron chi connectivity index (χ0n) is 16.6. The van der Waals surface area contributed by atoms with Crippen molar-refractivity contribution in [1.82, 2.24) is 29.5 Å². The molecule has 2 aliphatic rings. The van der Waals surface area contributed by atoms with Gasteiger partial charge in [-0.2, -0.15) is 9.78 Å². The maximum absolute atomic E-state index is 12.7. The van der Waals surface area contributed by atoms with Gasteiger partial charge in [0.2, 0.25) is 0 Å². The molecule has 4 rings (SSSR count). The minimum atomic E-state index is -0.167. The lowest BCUT2D eigenvalue weighted by Gasteiger charge is -2.33. The van der Waals surface area contributed by atoms with Crippen molar-refractivity contribution < 1.29 is 9.59 Å². The largest absolute Gasteiger partial charge is 0.344 e. The molecule has 0 radical (unpaired) electrons. The highest BCUT2D eigenvalue weighted by Crippen LogP contribution is 2.14. The van der Waals surface area contributed by atoms with E-state index in [1.54, 1.807) is 22.4 Å². The van der Waals surface area contributed by atoms with Gasteiger partial charge < -0.3 is 9.80 Å². The number of nitrogens with zero attached hydrogens (tertiary/aromatic N) is 6. The van der Waals surface area contributed by atoms with Crippen LogP contribution < -0.4 is 0 Å². The van der Waals surface area contributed by atoms with Gasteiger partial charge in [0, 0.05) is 57.0 Å². The average Bonchev–Trinajstić information content (AvgIpc) is 3.51. The number of thiazole rings is 1. The van der Waals surface area contributed by atoms with Gasteiger partial charge in [0.25, 0.3) is 5.91 Å². The predicted molar refractivity (Wildman–Crippen MR) is 108 cm³/mol. The Morgan fingerprint density at radius 3 is 2.39 bits per heavy atom. The minimum Gasteiger partial charge on any atom is -0.339 e. The second-order valence-electron chi connectivity index (χ2n) is 6.64. The fourth-order valence-electron chi connectivity index (χ4n) is 3.41. The van der Waals surface area contributed by atoms with Gasteiger partial charge in [0.1, 0.15) is 5.01 Å². The number of carbonyl (C=O) groups is 2. The molecule has 4 heterocycles. The molecule has 8 nitrogen and oxygen atoms in total. The van der Waals surface area contributed by atoms with Crippen LogP contribution in [0.5, 0.6) is 0 Å². The van der Waals surface area contributed by atoms with Gasteiger partial charge in [-0.1, -0.05) is 13.8 Å². The van der Waals surface area contributed by atoms with Gasteiger partial charge in [0.05, 0.1) is 18.3 Å². The van der Waals surface area contributed by atoms with Crippen molar-refractivity contribution >= 4 is 23.3 Å². The molecule has 2 amide bonds. The summed E-state index contributed by atoms with van der Waals surface area (Å²) in [5.41, 5.74) is 0.489. The molecule has 0 saturated carbocycles. The van der Waals surface area contributed by atoms with E-state index in [2.05, 4.69) is 15.0 Å².